The predicted molar refractivity (Wildman–Crippen MR) is 73.0 cm³/mol. The van der Waals surface area contributed by atoms with Gasteiger partial charge in [0.05, 0.1) is 11.8 Å². The average molecular weight is 300 g/mol. The van der Waals surface area contributed by atoms with Crippen molar-refractivity contribution < 1.29 is 19.5 Å². The van der Waals surface area contributed by atoms with Gasteiger partial charge in [0.1, 0.15) is 6.04 Å². The molecule has 3 atom stereocenters. The molecule has 1 aliphatic heterocycles. The molecule has 0 saturated carbocycles. The summed E-state index contributed by atoms with van der Waals surface area (Å²) in [5, 5.41) is 9.87. The van der Waals surface area contributed by atoms with Crippen LogP contribution in [0.3, 0.4) is 0 Å². The summed E-state index contributed by atoms with van der Waals surface area (Å²) in [6.07, 6.45) is 4.31. The zero-order valence-electron chi connectivity index (χ0n) is 11.3. The number of hydrogen-bond donors (Lipinski definition) is 1. The second-order valence-electron chi connectivity index (χ2n) is 5.35. The third kappa shape index (κ3) is 2.59. The first-order chi connectivity index (χ1) is 9.47. The van der Waals surface area contributed by atoms with Crippen LogP contribution in [0.2, 0.25) is 0 Å². The lowest BCUT2D eigenvalue weighted by Crippen LogP contribution is -2.45. The van der Waals surface area contributed by atoms with Crippen molar-refractivity contribution in [2.24, 2.45) is 11.8 Å². The Labute approximate surface area is 122 Å². The van der Waals surface area contributed by atoms with Gasteiger partial charge in [-0.2, -0.15) is 0 Å². The van der Waals surface area contributed by atoms with Gasteiger partial charge < -0.3 is 5.11 Å². The minimum atomic E-state index is -1.11. The van der Waals surface area contributed by atoms with E-state index in [1.165, 1.54) is 0 Å². The van der Waals surface area contributed by atoms with Crippen molar-refractivity contribution in [1.29, 1.82) is 0 Å². The van der Waals surface area contributed by atoms with Gasteiger partial charge in [0.2, 0.25) is 11.8 Å². The van der Waals surface area contributed by atoms with Gasteiger partial charge in [-0.25, -0.2) is 4.79 Å². The number of fused-ring (bicyclic) bond motifs is 1. The van der Waals surface area contributed by atoms with Crippen LogP contribution < -0.4 is 0 Å². The van der Waals surface area contributed by atoms with E-state index in [0.717, 1.165) is 11.3 Å². The Morgan fingerprint density at radius 3 is 2.70 bits per heavy atom. The van der Waals surface area contributed by atoms with Crippen LogP contribution in [0.4, 0.5) is 0 Å². The highest BCUT2D eigenvalue weighted by Gasteiger charge is 2.51. The van der Waals surface area contributed by atoms with E-state index >= 15 is 0 Å². The molecule has 1 fully saturated rings. The summed E-state index contributed by atoms with van der Waals surface area (Å²) in [7, 11) is 0. The molecule has 0 unspecified atom stereocenters. The minimum Gasteiger partial charge on any atom is -0.480 e. The van der Waals surface area contributed by atoms with Gasteiger partial charge >= 0.3 is 5.97 Å². The molecule has 20 heavy (non-hydrogen) atoms. The van der Waals surface area contributed by atoms with Crippen molar-refractivity contribution >= 4 is 29.4 Å². The van der Waals surface area contributed by atoms with Crippen molar-refractivity contribution in [3.63, 3.8) is 0 Å². The fraction of sp³-hybridized carbons (Fsp3) is 0.643. The maximum Gasteiger partial charge on any atom is 0.326 e. The van der Waals surface area contributed by atoms with E-state index in [1.54, 1.807) is 6.08 Å². The Morgan fingerprint density at radius 1 is 1.45 bits per heavy atom. The highest BCUT2D eigenvalue weighted by Crippen LogP contribution is 2.40. The number of imide groups is 1. The fourth-order valence-corrected chi connectivity index (χ4v) is 3.18. The number of likely N-dealkylation sites (tertiary alicyclic amines) is 1. The summed E-state index contributed by atoms with van der Waals surface area (Å²) in [5.41, 5.74) is 0. The molecule has 2 aliphatic rings. The lowest BCUT2D eigenvalue weighted by molar-refractivity contribution is -0.155. The number of hydrogen-bond acceptors (Lipinski definition) is 3. The quantitative estimate of drug-likeness (QED) is 0.789. The number of unbranched alkanes of at least 4 members (excludes halogenated alkanes) is 1. The highest BCUT2D eigenvalue weighted by molar-refractivity contribution is 6.30. The second-order valence-corrected chi connectivity index (χ2v) is 5.83. The molecular weight excluding hydrogens is 282 g/mol. The molecule has 1 aliphatic carbocycles. The van der Waals surface area contributed by atoms with Crippen LogP contribution in [0, 0.1) is 11.8 Å². The molecule has 6 heteroatoms. The van der Waals surface area contributed by atoms with E-state index in [4.69, 9.17) is 11.6 Å². The van der Waals surface area contributed by atoms with Gasteiger partial charge in [-0.1, -0.05) is 37.4 Å². The van der Waals surface area contributed by atoms with Crippen molar-refractivity contribution in [2.75, 3.05) is 0 Å². The zero-order chi connectivity index (χ0) is 14.9. The standard InChI is InChI=1S/C14H18ClNO4/c1-2-3-4-11(14(19)20)16-12(17)9-6-5-8(15)7-10(9)13(16)18/h5,9-11H,2-4,6-7H2,1H3,(H,19,20)/t9-,10+,11-/m1/s1. The number of carboxylic acid groups (broad SMARTS) is 1. The lowest BCUT2D eigenvalue weighted by Gasteiger charge is -2.22. The Morgan fingerprint density at radius 2 is 2.10 bits per heavy atom. The summed E-state index contributed by atoms with van der Waals surface area (Å²) >= 11 is 5.93. The Kier molecular flexibility index (Phi) is 4.48. The molecule has 1 N–H and O–H groups in total. The topological polar surface area (TPSA) is 74.7 Å². The highest BCUT2D eigenvalue weighted by atomic mass is 35.5. The van der Waals surface area contributed by atoms with Crippen molar-refractivity contribution in [2.45, 2.75) is 45.1 Å². The van der Waals surface area contributed by atoms with Crippen LogP contribution in [0.25, 0.3) is 0 Å². The largest absolute Gasteiger partial charge is 0.480 e. The van der Waals surface area contributed by atoms with Crippen LogP contribution in [0.1, 0.15) is 39.0 Å². The third-order valence-electron chi connectivity index (χ3n) is 4.03. The number of allylic oxidation sites excluding steroid dienone is 2. The molecular formula is C14H18ClNO4. The predicted octanol–water partition coefficient (Wildman–Crippen LogP) is 2.15. The minimum absolute atomic E-state index is 0.309. The van der Waals surface area contributed by atoms with E-state index in [9.17, 15) is 19.5 Å². The van der Waals surface area contributed by atoms with Gasteiger partial charge in [0, 0.05) is 5.03 Å². The molecule has 1 heterocycles. The smallest absolute Gasteiger partial charge is 0.326 e. The molecule has 110 valence electrons. The van der Waals surface area contributed by atoms with Gasteiger partial charge in [-0.15, -0.1) is 0 Å². The van der Waals surface area contributed by atoms with E-state index < -0.39 is 23.8 Å². The molecule has 5 nitrogen and oxygen atoms in total. The summed E-state index contributed by atoms with van der Waals surface area (Å²) in [5.74, 6) is -2.77. The molecule has 1 saturated heterocycles. The molecule has 2 amide bonds. The summed E-state index contributed by atoms with van der Waals surface area (Å²) in [6, 6.07) is -1.04. The Balaban J connectivity index is 2.22. The SMILES string of the molecule is CCCC[C@H](C(=O)O)N1C(=O)[C@H]2CC(Cl)=CC[C@H]2C1=O. The Bertz CT molecular complexity index is 474. The molecule has 2 rings (SSSR count). The summed E-state index contributed by atoms with van der Waals surface area (Å²) in [4.78, 5) is 37.0. The number of rotatable bonds is 5. The van der Waals surface area contributed by atoms with Gasteiger partial charge in [0.25, 0.3) is 0 Å². The van der Waals surface area contributed by atoms with Gasteiger partial charge in [-0.3, -0.25) is 14.5 Å². The normalized spacial score (nSPS) is 27.3. The van der Waals surface area contributed by atoms with Crippen LogP contribution in [-0.4, -0.2) is 33.8 Å². The molecule has 0 bridgehead atoms. The van der Waals surface area contributed by atoms with Gasteiger partial charge in [0.15, 0.2) is 0 Å². The number of carboxylic acids is 1. The van der Waals surface area contributed by atoms with Crippen molar-refractivity contribution in [1.82, 2.24) is 4.90 Å². The number of nitrogens with zero attached hydrogens (tertiary/aromatic N) is 1. The van der Waals surface area contributed by atoms with Crippen molar-refractivity contribution in [3.8, 4) is 0 Å². The van der Waals surface area contributed by atoms with E-state index in [0.29, 0.717) is 30.7 Å². The number of amides is 2. The van der Waals surface area contributed by atoms with Crippen LogP contribution >= 0.6 is 11.6 Å². The first-order valence-electron chi connectivity index (χ1n) is 6.91. The number of carbonyl (C=O) groups is 3. The molecule has 0 aromatic carbocycles. The molecule has 0 spiro atoms. The zero-order valence-corrected chi connectivity index (χ0v) is 12.1. The van der Waals surface area contributed by atoms with Gasteiger partial charge in [-0.05, 0) is 19.3 Å². The third-order valence-corrected chi connectivity index (χ3v) is 4.34. The lowest BCUT2D eigenvalue weighted by atomic mass is 9.85. The van der Waals surface area contributed by atoms with Crippen LogP contribution in [-0.2, 0) is 14.4 Å². The monoisotopic (exact) mass is 299 g/mol. The first-order valence-corrected chi connectivity index (χ1v) is 7.29. The van der Waals surface area contributed by atoms with Crippen LogP contribution in [0.5, 0.6) is 0 Å². The number of carbonyl (C=O) groups excluding carboxylic acids is 2. The maximum atomic E-state index is 12.4. The summed E-state index contributed by atoms with van der Waals surface area (Å²) < 4.78 is 0. The van der Waals surface area contributed by atoms with E-state index in [1.807, 2.05) is 6.92 Å². The van der Waals surface area contributed by atoms with Crippen LogP contribution in [0.15, 0.2) is 11.1 Å². The Hall–Kier alpha value is -1.36. The molecule has 0 aromatic heterocycles. The fourth-order valence-electron chi connectivity index (χ4n) is 2.92. The second kappa shape index (κ2) is 5.95. The molecule has 0 radical (unpaired) electrons. The van der Waals surface area contributed by atoms with E-state index in [2.05, 4.69) is 0 Å². The van der Waals surface area contributed by atoms with E-state index in [-0.39, 0.29) is 11.8 Å². The van der Waals surface area contributed by atoms with Crippen molar-refractivity contribution in [3.05, 3.63) is 11.1 Å². The summed E-state index contributed by atoms with van der Waals surface area (Å²) in [6.45, 7) is 1.94. The molecule has 0 aromatic rings. The number of halogens is 1. The average Bonchev–Trinajstić information content (AvgIpc) is 2.63. The maximum absolute atomic E-state index is 12.4. The first kappa shape index (κ1) is 15.0. The number of aliphatic carboxylic acids is 1.